The average Bonchev–Trinajstić information content (AvgIpc) is 2.65. The average molecular weight is 362 g/mol. The molecule has 4 rings (SSSR count). The molecule has 4 heteroatoms. The Hall–Kier alpha value is -2.88. The number of rotatable bonds is 2. The van der Waals surface area contributed by atoms with Crippen molar-refractivity contribution in [3.05, 3.63) is 71.6 Å². The topological polar surface area (TPSA) is 63.6 Å². The second-order valence-electron chi connectivity index (χ2n) is 7.75. The van der Waals surface area contributed by atoms with E-state index in [4.69, 9.17) is 4.74 Å². The first kappa shape index (κ1) is 17.5. The van der Waals surface area contributed by atoms with Gasteiger partial charge in [0, 0.05) is 23.8 Å². The van der Waals surface area contributed by atoms with Crippen molar-refractivity contribution in [1.82, 2.24) is 0 Å². The van der Waals surface area contributed by atoms with Crippen LogP contribution in [0.4, 0.5) is 0 Å². The lowest BCUT2D eigenvalue weighted by Crippen LogP contribution is -2.51. The number of carbonyl (C=O) groups is 2. The van der Waals surface area contributed by atoms with Gasteiger partial charge in [0.15, 0.2) is 11.6 Å². The molecule has 0 saturated carbocycles. The molecule has 1 aliphatic heterocycles. The van der Waals surface area contributed by atoms with Crippen LogP contribution in [-0.4, -0.2) is 16.7 Å². The number of ketones is 2. The third-order valence-electron chi connectivity index (χ3n) is 6.21. The van der Waals surface area contributed by atoms with Crippen LogP contribution in [-0.2, 0) is 16.0 Å². The van der Waals surface area contributed by atoms with E-state index in [1.165, 1.54) is 6.08 Å². The van der Waals surface area contributed by atoms with Gasteiger partial charge in [-0.05, 0) is 54.3 Å². The van der Waals surface area contributed by atoms with Gasteiger partial charge in [-0.15, -0.1) is 0 Å². The monoisotopic (exact) mass is 362 g/mol. The van der Waals surface area contributed by atoms with E-state index in [2.05, 4.69) is 6.58 Å². The third-order valence-corrected chi connectivity index (χ3v) is 6.21. The Morgan fingerprint density at radius 1 is 1.33 bits per heavy atom. The molecule has 0 fully saturated rings. The van der Waals surface area contributed by atoms with Gasteiger partial charge in [-0.25, -0.2) is 0 Å². The van der Waals surface area contributed by atoms with Crippen molar-refractivity contribution in [3.8, 4) is 11.5 Å². The van der Waals surface area contributed by atoms with E-state index in [0.717, 1.165) is 16.7 Å². The fourth-order valence-electron chi connectivity index (χ4n) is 4.75. The summed E-state index contributed by atoms with van der Waals surface area (Å²) >= 11 is 0. The molecule has 1 aromatic carbocycles. The summed E-state index contributed by atoms with van der Waals surface area (Å²) in [4.78, 5) is 25.9. The van der Waals surface area contributed by atoms with E-state index in [0.29, 0.717) is 24.2 Å². The first-order valence-corrected chi connectivity index (χ1v) is 9.13. The zero-order valence-electron chi connectivity index (χ0n) is 15.5. The maximum absolute atomic E-state index is 13.1. The van der Waals surface area contributed by atoms with Crippen LogP contribution >= 0.6 is 0 Å². The predicted molar refractivity (Wildman–Crippen MR) is 102 cm³/mol. The molecular formula is C23H22O4. The van der Waals surface area contributed by atoms with Crippen molar-refractivity contribution in [3.63, 3.8) is 0 Å². The SMILES string of the molecule is C=CC1=CCC2C(=O)C(C)=CC(=O)C2(C)C1C1=COc2ccc(O)cc2C1. The van der Waals surface area contributed by atoms with E-state index in [9.17, 15) is 14.7 Å². The Balaban J connectivity index is 1.82. The number of phenols is 1. The second kappa shape index (κ2) is 6.08. The van der Waals surface area contributed by atoms with E-state index < -0.39 is 5.41 Å². The van der Waals surface area contributed by atoms with Crippen LogP contribution < -0.4 is 4.74 Å². The van der Waals surface area contributed by atoms with Crippen LogP contribution in [0.15, 0.2) is 66.0 Å². The van der Waals surface area contributed by atoms with Gasteiger partial charge in [0.05, 0.1) is 11.7 Å². The van der Waals surface area contributed by atoms with Gasteiger partial charge in [0.1, 0.15) is 11.5 Å². The van der Waals surface area contributed by atoms with E-state index in [-0.39, 0.29) is 29.2 Å². The van der Waals surface area contributed by atoms with Gasteiger partial charge in [0.2, 0.25) is 0 Å². The summed E-state index contributed by atoms with van der Waals surface area (Å²) in [6, 6.07) is 5.00. The summed E-state index contributed by atoms with van der Waals surface area (Å²) in [6.07, 6.45) is 8.06. The first-order chi connectivity index (χ1) is 12.9. The molecule has 3 aliphatic rings. The van der Waals surface area contributed by atoms with Crippen molar-refractivity contribution < 1.29 is 19.4 Å². The van der Waals surface area contributed by atoms with Crippen LogP contribution in [0.3, 0.4) is 0 Å². The van der Waals surface area contributed by atoms with Crippen molar-refractivity contribution in [2.24, 2.45) is 17.3 Å². The number of hydrogen-bond acceptors (Lipinski definition) is 4. The minimum atomic E-state index is -0.863. The molecule has 4 nitrogen and oxygen atoms in total. The van der Waals surface area contributed by atoms with Crippen LogP contribution in [0.1, 0.15) is 25.8 Å². The lowest BCUT2D eigenvalue weighted by Gasteiger charge is -2.48. The van der Waals surface area contributed by atoms with Gasteiger partial charge < -0.3 is 9.84 Å². The molecule has 0 amide bonds. The number of aromatic hydroxyl groups is 1. The Kier molecular flexibility index (Phi) is 3.95. The molecule has 27 heavy (non-hydrogen) atoms. The Labute approximate surface area is 158 Å². The fraction of sp³-hybridized carbons (Fsp3) is 0.304. The Morgan fingerprint density at radius 2 is 2.11 bits per heavy atom. The van der Waals surface area contributed by atoms with Gasteiger partial charge >= 0.3 is 0 Å². The minimum Gasteiger partial charge on any atom is -0.508 e. The molecule has 0 radical (unpaired) electrons. The lowest BCUT2D eigenvalue weighted by molar-refractivity contribution is -0.138. The van der Waals surface area contributed by atoms with Gasteiger partial charge in [0.25, 0.3) is 0 Å². The second-order valence-corrected chi connectivity index (χ2v) is 7.75. The fourth-order valence-corrected chi connectivity index (χ4v) is 4.75. The minimum absolute atomic E-state index is 0.0235. The molecule has 0 saturated heterocycles. The van der Waals surface area contributed by atoms with Crippen molar-refractivity contribution >= 4 is 11.6 Å². The summed E-state index contributed by atoms with van der Waals surface area (Å²) in [5, 5.41) is 9.82. The molecule has 0 bridgehead atoms. The highest BCUT2D eigenvalue weighted by atomic mass is 16.5. The number of benzene rings is 1. The van der Waals surface area contributed by atoms with Crippen molar-refractivity contribution in [2.45, 2.75) is 26.7 Å². The molecule has 2 aliphatic carbocycles. The quantitative estimate of drug-likeness (QED) is 0.862. The zero-order valence-corrected chi connectivity index (χ0v) is 15.5. The summed E-state index contributed by atoms with van der Waals surface area (Å²) in [6.45, 7) is 7.53. The maximum atomic E-state index is 13.1. The van der Waals surface area contributed by atoms with Crippen LogP contribution in [0.5, 0.6) is 11.5 Å². The van der Waals surface area contributed by atoms with Crippen molar-refractivity contribution in [1.29, 1.82) is 0 Å². The highest BCUT2D eigenvalue weighted by Crippen LogP contribution is 2.54. The molecule has 138 valence electrons. The first-order valence-electron chi connectivity index (χ1n) is 9.13. The van der Waals surface area contributed by atoms with Crippen LogP contribution in [0.2, 0.25) is 0 Å². The van der Waals surface area contributed by atoms with Gasteiger partial charge in [-0.2, -0.15) is 0 Å². The molecule has 1 aromatic rings. The summed E-state index contributed by atoms with van der Waals surface area (Å²) in [7, 11) is 0. The Morgan fingerprint density at radius 3 is 2.85 bits per heavy atom. The summed E-state index contributed by atoms with van der Waals surface area (Å²) < 4.78 is 5.80. The van der Waals surface area contributed by atoms with Crippen molar-refractivity contribution in [2.75, 3.05) is 0 Å². The number of ether oxygens (including phenoxy) is 1. The third kappa shape index (κ3) is 2.51. The number of carbonyl (C=O) groups excluding carboxylic acids is 2. The van der Waals surface area contributed by atoms with Gasteiger partial charge in [-0.3, -0.25) is 9.59 Å². The molecule has 3 atom stereocenters. The number of hydrogen-bond donors (Lipinski definition) is 1. The maximum Gasteiger partial charge on any atom is 0.163 e. The largest absolute Gasteiger partial charge is 0.508 e. The lowest BCUT2D eigenvalue weighted by atomic mass is 9.53. The smallest absolute Gasteiger partial charge is 0.163 e. The molecule has 3 unspecified atom stereocenters. The summed E-state index contributed by atoms with van der Waals surface area (Å²) in [5.74, 6) is 0.218. The predicted octanol–water partition coefficient (Wildman–Crippen LogP) is 4.06. The highest BCUT2D eigenvalue weighted by Gasteiger charge is 2.55. The Bertz CT molecular complexity index is 963. The number of Topliss-reactive ketones (excluding diaryl/α,β-unsaturated/α-hetero) is 1. The van der Waals surface area contributed by atoms with E-state index in [1.807, 2.05) is 13.0 Å². The molecule has 1 N–H and O–H groups in total. The number of fused-ring (bicyclic) bond motifs is 2. The summed E-state index contributed by atoms with van der Waals surface area (Å²) in [5.41, 5.74) is 2.39. The molecular weight excluding hydrogens is 340 g/mol. The van der Waals surface area contributed by atoms with Crippen LogP contribution in [0.25, 0.3) is 0 Å². The normalized spacial score (nSPS) is 29.6. The number of phenolic OH excluding ortho intramolecular Hbond substituents is 1. The zero-order chi connectivity index (χ0) is 19.3. The van der Waals surface area contributed by atoms with E-state index >= 15 is 0 Å². The number of allylic oxidation sites excluding steroid dienone is 6. The van der Waals surface area contributed by atoms with Gasteiger partial charge in [-0.1, -0.05) is 25.7 Å². The highest BCUT2D eigenvalue weighted by molar-refractivity contribution is 6.12. The van der Waals surface area contributed by atoms with Crippen LogP contribution in [0, 0.1) is 17.3 Å². The standard InChI is InChI=1S/C23H22O4/c1-4-14-5-7-18-22(26)13(2)9-20(25)23(18,3)21(14)16-10-15-11-17(24)6-8-19(15)27-12-16/h4-6,8-9,11-12,18,21,24H,1,7,10H2,2-3H3. The molecule has 0 spiro atoms. The van der Waals surface area contributed by atoms with E-state index in [1.54, 1.807) is 37.5 Å². The molecule has 1 heterocycles. The molecule has 0 aromatic heterocycles.